The third kappa shape index (κ3) is 4.74. The zero-order valence-electron chi connectivity index (χ0n) is 17.8. The van der Waals surface area contributed by atoms with Crippen molar-refractivity contribution in [1.82, 2.24) is 24.5 Å². The Labute approximate surface area is 185 Å². The summed E-state index contributed by atoms with van der Waals surface area (Å²) in [7, 11) is 0. The molecule has 1 fully saturated rings. The summed E-state index contributed by atoms with van der Waals surface area (Å²) in [5, 5.41) is 6.81. The van der Waals surface area contributed by atoms with E-state index in [1.807, 2.05) is 29.2 Å². The molecule has 0 saturated carbocycles. The zero-order chi connectivity index (χ0) is 22.0. The second-order valence-corrected chi connectivity index (χ2v) is 8.54. The number of H-pyrrole nitrogens is 1. The Morgan fingerprint density at radius 3 is 2.77 bits per heavy atom. The topological polar surface area (TPSA) is 95.4 Å². The van der Waals surface area contributed by atoms with Gasteiger partial charge in [-0.15, -0.1) is 0 Å². The number of hydrogen-bond acceptors (Lipinski definition) is 5. The first kappa shape index (κ1) is 21.4. The van der Waals surface area contributed by atoms with E-state index in [2.05, 4.69) is 27.3 Å². The average molecular weight is 443 g/mol. The number of benzene rings is 1. The molecule has 164 valence electrons. The quantitative estimate of drug-likeness (QED) is 0.610. The molecule has 1 aliphatic heterocycles. The van der Waals surface area contributed by atoms with E-state index in [0.29, 0.717) is 47.4 Å². The lowest BCUT2D eigenvalue weighted by molar-refractivity contribution is -0.134. The SMILES string of the molecule is Cc1nc2nc(NCc3ccc(Cl)cc3)[nH]n2c(=O)c1CCC(=O)N1CCCC[C@@H]1C. The van der Waals surface area contributed by atoms with Gasteiger partial charge < -0.3 is 10.2 Å². The number of halogens is 1. The first-order valence-corrected chi connectivity index (χ1v) is 11.1. The van der Waals surface area contributed by atoms with Crippen LogP contribution in [0.3, 0.4) is 0 Å². The van der Waals surface area contributed by atoms with Gasteiger partial charge in [0, 0.05) is 36.1 Å². The molecule has 4 rings (SSSR count). The van der Waals surface area contributed by atoms with Gasteiger partial charge in [-0.3, -0.25) is 14.7 Å². The van der Waals surface area contributed by atoms with Crippen molar-refractivity contribution in [2.45, 2.75) is 58.5 Å². The Morgan fingerprint density at radius 1 is 1.26 bits per heavy atom. The van der Waals surface area contributed by atoms with E-state index in [9.17, 15) is 9.59 Å². The van der Waals surface area contributed by atoms with Crippen LogP contribution in [0.5, 0.6) is 0 Å². The van der Waals surface area contributed by atoms with E-state index in [-0.39, 0.29) is 17.5 Å². The number of likely N-dealkylation sites (tertiary alicyclic amines) is 1. The number of piperidine rings is 1. The van der Waals surface area contributed by atoms with Crippen LogP contribution in [0.1, 0.15) is 49.4 Å². The highest BCUT2D eigenvalue weighted by Gasteiger charge is 2.23. The van der Waals surface area contributed by atoms with Crippen molar-refractivity contribution in [3.8, 4) is 0 Å². The highest BCUT2D eigenvalue weighted by Crippen LogP contribution is 2.18. The fourth-order valence-electron chi connectivity index (χ4n) is 4.05. The number of fused-ring (bicyclic) bond motifs is 1. The van der Waals surface area contributed by atoms with Crippen LogP contribution in [0.2, 0.25) is 5.02 Å². The molecule has 0 unspecified atom stereocenters. The highest BCUT2D eigenvalue weighted by molar-refractivity contribution is 6.30. The van der Waals surface area contributed by atoms with Crippen LogP contribution >= 0.6 is 11.6 Å². The minimum Gasteiger partial charge on any atom is -0.351 e. The molecule has 2 N–H and O–H groups in total. The van der Waals surface area contributed by atoms with E-state index in [1.165, 1.54) is 10.9 Å². The van der Waals surface area contributed by atoms with Gasteiger partial charge in [0.05, 0.1) is 5.69 Å². The molecule has 1 saturated heterocycles. The van der Waals surface area contributed by atoms with Crippen molar-refractivity contribution in [2.24, 2.45) is 0 Å². The molecule has 1 aromatic carbocycles. The van der Waals surface area contributed by atoms with Gasteiger partial charge in [-0.05, 0) is 57.2 Å². The summed E-state index contributed by atoms with van der Waals surface area (Å²) >= 11 is 5.92. The molecule has 0 bridgehead atoms. The van der Waals surface area contributed by atoms with Crippen molar-refractivity contribution in [3.05, 3.63) is 56.5 Å². The van der Waals surface area contributed by atoms with E-state index >= 15 is 0 Å². The fraction of sp³-hybridized carbons (Fsp3) is 0.455. The Balaban J connectivity index is 1.47. The number of carbonyl (C=O) groups excluding carboxylic acids is 1. The van der Waals surface area contributed by atoms with E-state index in [1.54, 1.807) is 6.92 Å². The van der Waals surface area contributed by atoms with Gasteiger partial charge >= 0.3 is 0 Å². The van der Waals surface area contributed by atoms with E-state index < -0.39 is 0 Å². The van der Waals surface area contributed by atoms with Crippen molar-refractivity contribution >= 4 is 29.2 Å². The molecule has 0 aliphatic carbocycles. The Hall–Kier alpha value is -2.87. The molecule has 1 atom stereocenters. The minimum atomic E-state index is -0.214. The molecule has 0 radical (unpaired) electrons. The number of anilines is 1. The van der Waals surface area contributed by atoms with Gasteiger partial charge in [-0.2, -0.15) is 9.50 Å². The fourth-order valence-corrected chi connectivity index (χ4v) is 4.18. The second kappa shape index (κ2) is 9.09. The number of rotatable bonds is 6. The van der Waals surface area contributed by atoms with Gasteiger partial charge in [0.1, 0.15) is 0 Å². The van der Waals surface area contributed by atoms with Crippen molar-refractivity contribution in [2.75, 3.05) is 11.9 Å². The smallest absolute Gasteiger partial charge is 0.277 e. The number of aryl methyl sites for hydroxylation is 1. The third-order valence-corrected chi connectivity index (χ3v) is 6.13. The van der Waals surface area contributed by atoms with Crippen LogP contribution in [0.15, 0.2) is 29.1 Å². The Kier molecular flexibility index (Phi) is 6.27. The Bertz CT molecular complexity index is 1140. The summed E-state index contributed by atoms with van der Waals surface area (Å²) in [5.41, 5.74) is 1.98. The monoisotopic (exact) mass is 442 g/mol. The number of aromatic nitrogens is 4. The lowest BCUT2D eigenvalue weighted by Gasteiger charge is -2.33. The first-order chi connectivity index (χ1) is 14.9. The van der Waals surface area contributed by atoms with E-state index in [0.717, 1.165) is 24.9 Å². The third-order valence-electron chi connectivity index (χ3n) is 5.88. The summed E-state index contributed by atoms with van der Waals surface area (Å²) in [6, 6.07) is 7.76. The lowest BCUT2D eigenvalue weighted by Crippen LogP contribution is -2.42. The molecular weight excluding hydrogens is 416 g/mol. The average Bonchev–Trinajstić information content (AvgIpc) is 3.16. The van der Waals surface area contributed by atoms with Gasteiger partial charge in [0.25, 0.3) is 11.3 Å². The number of nitrogens with zero attached hydrogens (tertiary/aromatic N) is 4. The molecule has 9 heteroatoms. The van der Waals surface area contributed by atoms with Crippen LogP contribution in [0, 0.1) is 6.92 Å². The largest absolute Gasteiger partial charge is 0.351 e. The number of carbonyl (C=O) groups is 1. The maximum Gasteiger partial charge on any atom is 0.277 e. The van der Waals surface area contributed by atoms with Gasteiger partial charge in [-0.25, -0.2) is 4.98 Å². The number of nitrogens with one attached hydrogen (secondary N) is 2. The molecule has 1 amide bonds. The minimum absolute atomic E-state index is 0.103. The molecule has 3 aromatic rings. The normalized spacial score (nSPS) is 16.6. The maximum absolute atomic E-state index is 13.0. The molecule has 31 heavy (non-hydrogen) atoms. The van der Waals surface area contributed by atoms with Crippen molar-refractivity contribution < 1.29 is 4.79 Å². The molecule has 2 aromatic heterocycles. The van der Waals surface area contributed by atoms with Crippen LogP contribution in [0.25, 0.3) is 5.78 Å². The predicted octanol–water partition coefficient (Wildman–Crippen LogP) is 3.33. The summed E-state index contributed by atoms with van der Waals surface area (Å²) in [4.78, 5) is 36.5. The van der Waals surface area contributed by atoms with Crippen LogP contribution in [-0.4, -0.2) is 43.0 Å². The molecule has 1 aliphatic rings. The molecular formula is C22H27ClN6O2. The summed E-state index contributed by atoms with van der Waals surface area (Å²) < 4.78 is 1.33. The summed E-state index contributed by atoms with van der Waals surface area (Å²) in [6.07, 6.45) is 3.94. The number of hydrogen-bond donors (Lipinski definition) is 2. The Morgan fingerprint density at radius 2 is 2.03 bits per heavy atom. The van der Waals surface area contributed by atoms with E-state index in [4.69, 9.17) is 11.6 Å². The van der Waals surface area contributed by atoms with Crippen molar-refractivity contribution in [1.29, 1.82) is 0 Å². The lowest BCUT2D eigenvalue weighted by atomic mass is 10.0. The first-order valence-electron chi connectivity index (χ1n) is 10.7. The number of amides is 1. The van der Waals surface area contributed by atoms with Gasteiger partial charge in [-0.1, -0.05) is 23.7 Å². The predicted molar refractivity (Wildman–Crippen MR) is 120 cm³/mol. The number of aromatic amines is 1. The van der Waals surface area contributed by atoms with Gasteiger partial charge in [0.15, 0.2) is 0 Å². The van der Waals surface area contributed by atoms with Crippen molar-refractivity contribution in [3.63, 3.8) is 0 Å². The van der Waals surface area contributed by atoms with Crippen LogP contribution in [-0.2, 0) is 17.8 Å². The summed E-state index contributed by atoms with van der Waals surface area (Å²) in [6.45, 7) is 5.22. The molecule has 8 nitrogen and oxygen atoms in total. The maximum atomic E-state index is 13.0. The van der Waals surface area contributed by atoms with Crippen LogP contribution < -0.4 is 10.9 Å². The van der Waals surface area contributed by atoms with Crippen LogP contribution in [0.4, 0.5) is 5.95 Å². The zero-order valence-corrected chi connectivity index (χ0v) is 18.6. The van der Waals surface area contributed by atoms with Gasteiger partial charge in [0.2, 0.25) is 11.9 Å². The standard InChI is InChI=1S/C22H27ClN6O2/c1-14-5-3-4-12-28(14)19(30)11-10-18-15(2)25-22-26-21(27-29(22)20(18)31)24-13-16-6-8-17(23)9-7-16/h6-9,14H,3-5,10-13H2,1-2H3,(H2,24,25,26,27)/t14-/m0/s1. The molecule has 0 spiro atoms. The highest BCUT2D eigenvalue weighted by atomic mass is 35.5. The molecule has 3 heterocycles. The summed E-state index contributed by atoms with van der Waals surface area (Å²) in [5.74, 6) is 0.862. The second-order valence-electron chi connectivity index (χ2n) is 8.10.